The molecule has 0 spiro atoms. The largest absolute Gasteiger partial charge is 0.299 e. The Morgan fingerprint density at radius 2 is 2.12 bits per heavy atom. The van der Waals surface area contributed by atoms with Gasteiger partial charge < -0.3 is 0 Å². The van der Waals surface area contributed by atoms with E-state index in [0.29, 0.717) is 18.1 Å². The lowest BCUT2D eigenvalue weighted by molar-refractivity contribution is -0.123. The van der Waals surface area contributed by atoms with E-state index in [2.05, 4.69) is 11.9 Å². The number of carbonyl (C=O) groups is 1. The van der Waals surface area contributed by atoms with Crippen molar-refractivity contribution >= 4 is 17.1 Å². The lowest BCUT2D eigenvalue weighted by Crippen LogP contribution is -2.23. The Kier molecular flexibility index (Phi) is 4.32. The van der Waals surface area contributed by atoms with Crippen molar-refractivity contribution in [2.75, 3.05) is 0 Å². The summed E-state index contributed by atoms with van der Waals surface area (Å²) in [5.74, 6) is 1.58. The molecule has 17 heavy (non-hydrogen) atoms. The fourth-order valence-electron chi connectivity index (χ4n) is 2.67. The summed E-state index contributed by atoms with van der Waals surface area (Å²) < 4.78 is 0. The molecule has 1 aliphatic rings. The molecule has 1 aromatic rings. The van der Waals surface area contributed by atoms with Crippen LogP contribution in [0.5, 0.6) is 0 Å². The summed E-state index contributed by atoms with van der Waals surface area (Å²) in [7, 11) is 0. The molecule has 0 unspecified atom stereocenters. The molecule has 2 rings (SSSR count). The Morgan fingerprint density at radius 1 is 1.41 bits per heavy atom. The predicted octanol–water partition coefficient (Wildman–Crippen LogP) is 3.78. The number of nitrogens with zero attached hydrogens (tertiary/aromatic N) is 1. The molecule has 0 bridgehead atoms. The lowest BCUT2D eigenvalue weighted by Gasteiger charge is -2.26. The molecule has 3 heteroatoms. The minimum atomic E-state index is 0.307. The van der Waals surface area contributed by atoms with Crippen LogP contribution in [0, 0.1) is 18.8 Å². The summed E-state index contributed by atoms with van der Waals surface area (Å²) in [6, 6.07) is 0. The van der Waals surface area contributed by atoms with Crippen molar-refractivity contribution in [3.8, 4) is 0 Å². The van der Waals surface area contributed by atoms with Crippen molar-refractivity contribution in [2.24, 2.45) is 11.8 Å². The molecule has 0 N–H and O–H groups in total. The van der Waals surface area contributed by atoms with Gasteiger partial charge in [0.05, 0.1) is 6.42 Å². The second-order valence-corrected chi connectivity index (χ2v) is 6.09. The van der Waals surface area contributed by atoms with Crippen molar-refractivity contribution < 1.29 is 4.79 Å². The number of hydrogen-bond acceptors (Lipinski definition) is 3. The Morgan fingerprint density at radius 3 is 2.65 bits per heavy atom. The van der Waals surface area contributed by atoms with E-state index in [1.807, 2.05) is 12.3 Å². The van der Waals surface area contributed by atoms with Crippen molar-refractivity contribution in [1.82, 2.24) is 4.98 Å². The molecule has 0 radical (unpaired) electrons. The fourth-order valence-corrected chi connectivity index (χ4v) is 3.45. The number of aromatic nitrogens is 1. The molecular formula is C14H21NOS. The highest BCUT2D eigenvalue weighted by molar-refractivity contribution is 7.09. The van der Waals surface area contributed by atoms with E-state index in [1.165, 1.54) is 19.3 Å². The molecule has 1 aromatic heterocycles. The van der Waals surface area contributed by atoms with Crippen molar-refractivity contribution in [2.45, 2.75) is 52.4 Å². The normalized spacial score (nSPS) is 24.8. The monoisotopic (exact) mass is 251 g/mol. The number of ketones is 1. The first-order valence-electron chi connectivity index (χ1n) is 6.62. The summed E-state index contributed by atoms with van der Waals surface area (Å²) in [6.45, 7) is 4.24. The van der Waals surface area contributed by atoms with E-state index >= 15 is 0 Å². The van der Waals surface area contributed by atoms with Gasteiger partial charge in [-0.05, 0) is 38.5 Å². The van der Waals surface area contributed by atoms with E-state index in [0.717, 1.165) is 29.5 Å². The summed E-state index contributed by atoms with van der Waals surface area (Å²) in [4.78, 5) is 16.5. The third-order valence-electron chi connectivity index (χ3n) is 3.87. The highest BCUT2D eigenvalue weighted by Gasteiger charge is 2.25. The van der Waals surface area contributed by atoms with Crippen LogP contribution in [0.25, 0.3) is 0 Å². The van der Waals surface area contributed by atoms with Crippen molar-refractivity contribution in [3.05, 3.63) is 16.1 Å². The van der Waals surface area contributed by atoms with E-state index in [9.17, 15) is 4.79 Å². The number of rotatable bonds is 4. The zero-order valence-electron chi connectivity index (χ0n) is 10.7. The SMILES string of the molecule is CCC1CCC(C(=O)Cc2nc(C)cs2)CC1. The second kappa shape index (κ2) is 5.76. The van der Waals surface area contributed by atoms with Gasteiger partial charge in [0, 0.05) is 17.0 Å². The molecule has 1 aliphatic carbocycles. The van der Waals surface area contributed by atoms with E-state index in [1.54, 1.807) is 11.3 Å². The van der Waals surface area contributed by atoms with Gasteiger partial charge >= 0.3 is 0 Å². The Bertz CT molecular complexity index is 377. The number of aryl methyl sites for hydroxylation is 1. The molecule has 1 fully saturated rings. The third-order valence-corrected chi connectivity index (χ3v) is 4.84. The van der Waals surface area contributed by atoms with Crippen LogP contribution in [0.3, 0.4) is 0 Å². The van der Waals surface area contributed by atoms with Crippen LogP contribution in [0.2, 0.25) is 0 Å². The fraction of sp³-hybridized carbons (Fsp3) is 0.714. The molecular weight excluding hydrogens is 230 g/mol. The van der Waals surface area contributed by atoms with Gasteiger partial charge in [-0.25, -0.2) is 4.98 Å². The Balaban J connectivity index is 1.85. The van der Waals surface area contributed by atoms with Gasteiger partial charge in [-0.1, -0.05) is 13.3 Å². The average Bonchev–Trinajstić information content (AvgIpc) is 2.75. The number of Topliss-reactive ketones (excluding diaryl/α,β-unsaturated/α-hetero) is 1. The van der Waals surface area contributed by atoms with Crippen LogP contribution in [-0.2, 0) is 11.2 Å². The number of carbonyl (C=O) groups excluding carboxylic acids is 1. The molecule has 0 atom stereocenters. The summed E-state index contributed by atoms with van der Waals surface area (Å²) >= 11 is 1.61. The summed E-state index contributed by atoms with van der Waals surface area (Å²) in [6.07, 6.45) is 6.50. The van der Waals surface area contributed by atoms with Gasteiger partial charge in [0.25, 0.3) is 0 Å². The van der Waals surface area contributed by atoms with Crippen molar-refractivity contribution in [1.29, 1.82) is 0 Å². The van der Waals surface area contributed by atoms with Gasteiger partial charge in [-0.15, -0.1) is 11.3 Å². The Labute approximate surface area is 107 Å². The lowest BCUT2D eigenvalue weighted by atomic mass is 9.78. The minimum Gasteiger partial charge on any atom is -0.299 e. The maximum absolute atomic E-state index is 12.1. The Hall–Kier alpha value is -0.700. The quantitative estimate of drug-likeness (QED) is 0.815. The zero-order chi connectivity index (χ0) is 12.3. The molecule has 94 valence electrons. The van der Waals surface area contributed by atoms with Gasteiger partial charge in [0.2, 0.25) is 0 Å². The number of thiazole rings is 1. The maximum atomic E-state index is 12.1. The molecule has 0 aromatic carbocycles. The first-order chi connectivity index (χ1) is 8.19. The highest BCUT2D eigenvalue weighted by atomic mass is 32.1. The van der Waals surface area contributed by atoms with Crippen LogP contribution in [-0.4, -0.2) is 10.8 Å². The summed E-state index contributed by atoms with van der Waals surface area (Å²) in [5.41, 5.74) is 1.03. The predicted molar refractivity (Wildman–Crippen MR) is 71.3 cm³/mol. The first-order valence-corrected chi connectivity index (χ1v) is 7.50. The zero-order valence-corrected chi connectivity index (χ0v) is 11.6. The van der Waals surface area contributed by atoms with Crippen LogP contribution in [0.15, 0.2) is 5.38 Å². The highest BCUT2D eigenvalue weighted by Crippen LogP contribution is 2.31. The molecule has 1 saturated carbocycles. The van der Waals surface area contributed by atoms with Crippen LogP contribution in [0.4, 0.5) is 0 Å². The van der Waals surface area contributed by atoms with Gasteiger partial charge in [0.1, 0.15) is 10.8 Å². The van der Waals surface area contributed by atoms with Gasteiger partial charge in [-0.2, -0.15) is 0 Å². The summed E-state index contributed by atoms with van der Waals surface area (Å²) in [5, 5.41) is 3.02. The first kappa shape index (κ1) is 12.7. The third kappa shape index (κ3) is 3.38. The van der Waals surface area contributed by atoms with Crippen molar-refractivity contribution in [3.63, 3.8) is 0 Å². The van der Waals surface area contributed by atoms with Gasteiger partial charge in [0.15, 0.2) is 0 Å². The standard InChI is InChI=1S/C14H21NOS/c1-3-11-4-6-12(7-5-11)13(16)8-14-15-10(2)9-17-14/h9,11-12H,3-8H2,1-2H3. The molecule has 1 heterocycles. The maximum Gasteiger partial charge on any atom is 0.142 e. The molecule has 0 aliphatic heterocycles. The molecule has 2 nitrogen and oxygen atoms in total. The minimum absolute atomic E-state index is 0.307. The molecule has 0 saturated heterocycles. The van der Waals surface area contributed by atoms with E-state index in [-0.39, 0.29) is 0 Å². The van der Waals surface area contributed by atoms with Crippen LogP contribution >= 0.6 is 11.3 Å². The van der Waals surface area contributed by atoms with E-state index < -0.39 is 0 Å². The smallest absolute Gasteiger partial charge is 0.142 e. The average molecular weight is 251 g/mol. The van der Waals surface area contributed by atoms with Gasteiger partial charge in [-0.3, -0.25) is 4.79 Å². The molecule has 0 amide bonds. The topological polar surface area (TPSA) is 30.0 Å². The number of hydrogen-bond donors (Lipinski definition) is 0. The van der Waals surface area contributed by atoms with Crippen LogP contribution < -0.4 is 0 Å². The van der Waals surface area contributed by atoms with Crippen LogP contribution in [0.1, 0.15) is 49.7 Å². The van der Waals surface area contributed by atoms with E-state index in [4.69, 9.17) is 0 Å². The second-order valence-electron chi connectivity index (χ2n) is 5.15.